The number of carbonyl (C=O) groups is 2. The Kier molecular flexibility index (Phi) is 8.57. The quantitative estimate of drug-likeness (QED) is 0.294. The Bertz CT molecular complexity index is 1330. The Morgan fingerprint density at radius 3 is 2.24 bits per heavy atom. The standard InChI is InChI=1S/C27H33N3O8/c1-4-35-22-13-17(14-23(36-5-2)24(22)25(31)37-6-3)16-29-11-9-18(10-12-29)30-21-8-7-19(38-27(33)34)15-20(21)28-26(30)32/h7-8,13-15,18H,4-6,9-12,16H2,1-3H3,(H,28,32)(H,33,34). The number of esters is 1. The van der Waals surface area contributed by atoms with E-state index in [4.69, 9.17) is 24.1 Å². The Balaban J connectivity index is 1.50. The van der Waals surface area contributed by atoms with Crippen LogP contribution in [0.2, 0.25) is 0 Å². The fraction of sp³-hybridized carbons (Fsp3) is 0.444. The monoisotopic (exact) mass is 527 g/mol. The fourth-order valence-electron chi connectivity index (χ4n) is 4.91. The summed E-state index contributed by atoms with van der Waals surface area (Å²) in [6.07, 6.45) is 0.117. The van der Waals surface area contributed by atoms with E-state index in [1.165, 1.54) is 6.07 Å². The van der Waals surface area contributed by atoms with Gasteiger partial charge >= 0.3 is 17.8 Å². The summed E-state index contributed by atoms with van der Waals surface area (Å²) in [4.78, 5) is 41.3. The Hall–Kier alpha value is -3.99. The second kappa shape index (κ2) is 12.0. The van der Waals surface area contributed by atoms with Crippen molar-refractivity contribution in [1.82, 2.24) is 14.5 Å². The summed E-state index contributed by atoms with van der Waals surface area (Å²) in [6.45, 7) is 8.68. The van der Waals surface area contributed by atoms with Crippen LogP contribution in [0.5, 0.6) is 17.2 Å². The number of rotatable bonds is 10. The second-order valence-corrected chi connectivity index (χ2v) is 8.91. The average molecular weight is 528 g/mol. The molecule has 1 aromatic heterocycles. The highest BCUT2D eigenvalue weighted by Crippen LogP contribution is 2.34. The van der Waals surface area contributed by atoms with Crippen molar-refractivity contribution in [2.24, 2.45) is 0 Å². The Morgan fingerprint density at radius 2 is 1.66 bits per heavy atom. The molecule has 4 rings (SSSR count). The first-order chi connectivity index (χ1) is 18.3. The van der Waals surface area contributed by atoms with Gasteiger partial charge in [0.15, 0.2) is 0 Å². The predicted octanol–water partition coefficient (Wildman–Crippen LogP) is 4.20. The first-order valence-electron chi connectivity index (χ1n) is 12.8. The molecular weight excluding hydrogens is 494 g/mol. The number of aromatic nitrogens is 2. The first-order valence-corrected chi connectivity index (χ1v) is 12.8. The van der Waals surface area contributed by atoms with Crippen LogP contribution in [-0.4, -0.2) is 64.6 Å². The molecule has 11 nitrogen and oxygen atoms in total. The summed E-state index contributed by atoms with van der Waals surface area (Å²) in [6, 6.07) is 8.50. The fourth-order valence-corrected chi connectivity index (χ4v) is 4.91. The molecule has 0 amide bonds. The topological polar surface area (TPSA) is 132 Å². The molecule has 1 saturated heterocycles. The predicted molar refractivity (Wildman–Crippen MR) is 139 cm³/mol. The summed E-state index contributed by atoms with van der Waals surface area (Å²) in [5.74, 6) is 0.564. The highest BCUT2D eigenvalue weighted by molar-refractivity contribution is 5.96. The van der Waals surface area contributed by atoms with Crippen LogP contribution in [0.3, 0.4) is 0 Å². The highest BCUT2D eigenvalue weighted by Gasteiger charge is 2.26. The van der Waals surface area contributed by atoms with Crippen LogP contribution in [0.25, 0.3) is 11.0 Å². The molecule has 0 bridgehead atoms. The number of nitrogens with one attached hydrogen (secondary N) is 1. The maximum Gasteiger partial charge on any atom is 0.511 e. The molecular formula is C27H33N3O8. The second-order valence-electron chi connectivity index (χ2n) is 8.91. The number of benzene rings is 2. The third-order valence-electron chi connectivity index (χ3n) is 6.43. The van der Waals surface area contributed by atoms with Crippen molar-refractivity contribution < 1.29 is 33.6 Å². The van der Waals surface area contributed by atoms with E-state index < -0.39 is 12.1 Å². The van der Waals surface area contributed by atoms with Crippen molar-refractivity contribution in [3.8, 4) is 17.2 Å². The van der Waals surface area contributed by atoms with Crippen LogP contribution in [0, 0.1) is 0 Å². The molecule has 204 valence electrons. The van der Waals surface area contributed by atoms with Gasteiger partial charge in [0.2, 0.25) is 0 Å². The molecule has 0 atom stereocenters. The van der Waals surface area contributed by atoms with Gasteiger partial charge in [0.25, 0.3) is 0 Å². The van der Waals surface area contributed by atoms with Crippen molar-refractivity contribution in [2.45, 2.75) is 46.2 Å². The van der Waals surface area contributed by atoms with Gasteiger partial charge in [-0.1, -0.05) is 0 Å². The number of piperidine rings is 1. The SMILES string of the molecule is CCOC(=O)c1c(OCC)cc(CN2CCC(n3c(=O)[nH]c4cc(OC(=O)O)ccc43)CC2)cc1OCC. The van der Waals surface area contributed by atoms with Crippen LogP contribution in [0.4, 0.5) is 4.79 Å². The van der Waals surface area contributed by atoms with Gasteiger partial charge in [0.1, 0.15) is 22.8 Å². The molecule has 0 aliphatic carbocycles. The normalized spacial score (nSPS) is 14.4. The number of aromatic amines is 1. The van der Waals surface area contributed by atoms with E-state index in [0.29, 0.717) is 47.9 Å². The molecule has 1 aliphatic heterocycles. The smallest absolute Gasteiger partial charge is 0.493 e. The summed E-state index contributed by atoms with van der Waals surface area (Å²) < 4.78 is 23.3. The molecule has 0 spiro atoms. The lowest BCUT2D eigenvalue weighted by atomic mass is 10.0. The number of hydrogen-bond donors (Lipinski definition) is 2. The summed E-state index contributed by atoms with van der Waals surface area (Å²) >= 11 is 0. The van der Waals surface area contributed by atoms with Crippen LogP contribution >= 0.6 is 0 Å². The third-order valence-corrected chi connectivity index (χ3v) is 6.43. The minimum Gasteiger partial charge on any atom is -0.493 e. The molecule has 2 heterocycles. The number of ether oxygens (including phenoxy) is 4. The van der Waals surface area contributed by atoms with E-state index in [0.717, 1.165) is 31.5 Å². The minimum absolute atomic E-state index is 0.00269. The van der Waals surface area contributed by atoms with Crippen molar-refractivity contribution in [3.63, 3.8) is 0 Å². The zero-order valence-corrected chi connectivity index (χ0v) is 21.8. The number of carboxylic acid groups (broad SMARTS) is 1. The van der Waals surface area contributed by atoms with Gasteiger partial charge in [-0.3, -0.25) is 9.47 Å². The molecule has 1 fully saturated rings. The van der Waals surface area contributed by atoms with E-state index >= 15 is 0 Å². The third kappa shape index (κ3) is 5.94. The van der Waals surface area contributed by atoms with Crippen molar-refractivity contribution >= 4 is 23.2 Å². The molecule has 0 radical (unpaired) electrons. The number of carbonyl (C=O) groups excluding carboxylic acids is 1. The summed E-state index contributed by atoms with van der Waals surface area (Å²) in [5.41, 5.74) is 2.27. The molecule has 2 aromatic carbocycles. The first kappa shape index (κ1) is 27.1. The zero-order chi connectivity index (χ0) is 27.2. The van der Waals surface area contributed by atoms with Gasteiger partial charge < -0.3 is 29.0 Å². The van der Waals surface area contributed by atoms with Crippen molar-refractivity contribution in [2.75, 3.05) is 32.9 Å². The van der Waals surface area contributed by atoms with Gasteiger partial charge in [0.05, 0.1) is 30.9 Å². The highest BCUT2D eigenvalue weighted by atomic mass is 16.7. The molecule has 11 heteroatoms. The Morgan fingerprint density at radius 1 is 1.00 bits per heavy atom. The van der Waals surface area contributed by atoms with E-state index in [2.05, 4.69) is 9.88 Å². The van der Waals surface area contributed by atoms with Crippen LogP contribution in [0.15, 0.2) is 35.1 Å². The molecule has 2 N–H and O–H groups in total. The van der Waals surface area contributed by atoms with Crippen LogP contribution in [-0.2, 0) is 11.3 Å². The molecule has 1 aliphatic rings. The van der Waals surface area contributed by atoms with Gasteiger partial charge in [-0.25, -0.2) is 14.4 Å². The van der Waals surface area contributed by atoms with Gasteiger partial charge in [-0.05, 0) is 63.4 Å². The Labute approximate surface area is 219 Å². The van der Waals surface area contributed by atoms with Crippen molar-refractivity contribution in [1.29, 1.82) is 0 Å². The lowest BCUT2D eigenvalue weighted by Crippen LogP contribution is -2.36. The molecule has 3 aromatic rings. The number of imidazole rings is 1. The number of hydrogen-bond acceptors (Lipinski definition) is 8. The lowest BCUT2D eigenvalue weighted by molar-refractivity contribution is 0.0517. The van der Waals surface area contributed by atoms with Gasteiger partial charge in [-0.2, -0.15) is 0 Å². The lowest BCUT2D eigenvalue weighted by Gasteiger charge is -2.32. The summed E-state index contributed by atoms with van der Waals surface area (Å²) in [7, 11) is 0. The minimum atomic E-state index is -1.41. The van der Waals surface area contributed by atoms with Gasteiger partial charge in [0, 0.05) is 31.7 Å². The number of nitrogens with zero attached hydrogens (tertiary/aromatic N) is 2. The maximum absolute atomic E-state index is 12.7. The number of fused-ring (bicyclic) bond motifs is 1. The molecule has 0 unspecified atom stereocenters. The molecule has 38 heavy (non-hydrogen) atoms. The van der Waals surface area contributed by atoms with E-state index in [-0.39, 0.29) is 24.1 Å². The van der Waals surface area contributed by atoms with E-state index in [1.807, 2.05) is 26.0 Å². The zero-order valence-electron chi connectivity index (χ0n) is 21.8. The average Bonchev–Trinajstić information content (AvgIpc) is 3.19. The molecule has 0 saturated carbocycles. The maximum atomic E-state index is 12.7. The number of likely N-dealkylation sites (tertiary alicyclic amines) is 1. The van der Waals surface area contributed by atoms with Crippen LogP contribution in [0.1, 0.15) is 55.6 Å². The van der Waals surface area contributed by atoms with Crippen molar-refractivity contribution in [3.05, 3.63) is 51.9 Å². The van der Waals surface area contributed by atoms with E-state index in [9.17, 15) is 14.4 Å². The van der Waals surface area contributed by atoms with E-state index in [1.54, 1.807) is 23.6 Å². The summed E-state index contributed by atoms with van der Waals surface area (Å²) in [5, 5.41) is 8.84. The number of H-pyrrole nitrogens is 1. The largest absolute Gasteiger partial charge is 0.511 e. The van der Waals surface area contributed by atoms with Crippen LogP contribution < -0.4 is 19.9 Å². The van der Waals surface area contributed by atoms with Gasteiger partial charge in [-0.15, -0.1) is 0 Å².